The molecule has 0 saturated carbocycles. The Kier molecular flexibility index (Phi) is 5.20. The molecule has 1 fully saturated rings. The van der Waals surface area contributed by atoms with Crippen LogP contribution < -0.4 is 5.56 Å². The molecule has 1 aliphatic heterocycles. The molecular weight excluding hydrogens is 481 g/mol. The van der Waals surface area contributed by atoms with Crippen molar-refractivity contribution < 1.29 is 9.50 Å². The summed E-state index contributed by atoms with van der Waals surface area (Å²) in [5, 5.41) is 14.2. The minimum absolute atomic E-state index is 0.0308. The summed E-state index contributed by atoms with van der Waals surface area (Å²) >= 11 is 1.53. The maximum Gasteiger partial charge on any atom is 0.262 e. The number of rotatable bonds is 5. The van der Waals surface area contributed by atoms with Crippen LogP contribution in [0.4, 0.5) is 4.39 Å². The van der Waals surface area contributed by atoms with Crippen molar-refractivity contribution >= 4 is 22.7 Å². The average Bonchev–Trinajstić information content (AvgIpc) is 3.38. The first-order valence-corrected chi connectivity index (χ1v) is 12.0. The summed E-state index contributed by atoms with van der Waals surface area (Å²) < 4.78 is 16.0. The van der Waals surface area contributed by atoms with Crippen LogP contribution in [0.1, 0.15) is 12.3 Å². The monoisotopic (exact) mass is 501 g/mol. The molecule has 5 aromatic heterocycles. The smallest absolute Gasteiger partial charge is 0.262 e. The third-order valence-electron chi connectivity index (χ3n) is 6.24. The standard InChI is InChI=1S/C25H20FN7O2S/c1-25(12-34)24(36-25)33-13-29-22-17(23(33)35)7-19(31-21(22)16-10-30-32(2)11-16)15-3-5-18(27-8-15)14-4-6-20(26)28-9-14/h3-11,13,24,34H,12H2,1-2H3/t24?,25-/m0/s1. The van der Waals surface area contributed by atoms with Crippen LogP contribution >= 0.6 is 11.8 Å². The highest BCUT2D eigenvalue weighted by Crippen LogP contribution is 2.60. The van der Waals surface area contributed by atoms with Gasteiger partial charge in [0, 0.05) is 42.3 Å². The fourth-order valence-electron chi connectivity index (χ4n) is 4.13. The van der Waals surface area contributed by atoms with Crippen LogP contribution in [0.3, 0.4) is 0 Å². The molecule has 0 spiro atoms. The van der Waals surface area contributed by atoms with Crippen molar-refractivity contribution in [3.8, 4) is 33.8 Å². The van der Waals surface area contributed by atoms with E-state index in [2.05, 4.69) is 20.1 Å². The Morgan fingerprint density at radius 3 is 2.47 bits per heavy atom. The van der Waals surface area contributed by atoms with Crippen molar-refractivity contribution in [2.45, 2.75) is 17.0 Å². The van der Waals surface area contributed by atoms with Gasteiger partial charge in [0.05, 0.1) is 40.7 Å². The predicted octanol–water partition coefficient (Wildman–Crippen LogP) is 3.45. The second-order valence-electron chi connectivity index (χ2n) is 8.85. The number of nitrogens with zero attached hydrogens (tertiary/aromatic N) is 7. The molecule has 1 saturated heterocycles. The average molecular weight is 502 g/mol. The van der Waals surface area contributed by atoms with Crippen LogP contribution in [0.25, 0.3) is 44.7 Å². The fraction of sp³-hybridized carbons (Fsp3) is 0.200. The topological polar surface area (TPSA) is 112 Å². The normalized spacial score (nSPS) is 19.1. The van der Waals surface area contributed by atoms with Crippen molar-refractivity contribution in [2.24, 2.45) is 7.05 Å². The lowest BCUT2D eigenvalue weighted by atomic mass is 10.1. The van der Waals surface area contributed by atoms with Crippen LogP contribution in [0.15, 0.2) is 66.2 Å². The van der Waals surface area contributed by atoms with Crippen LogP contribution in [0, 0.1) is 5.95 Å². The van der Waals surface area contributed by atoms with Crippen LogP contribution in [0.2, 0.25) is 0 Å². The van der Waals surface area contributed by atoms with Crippen molar-refractivity contribution in [2.75, 3.05) is 6.61 Å². The minimum atomic E-state index is -0.554. The molecule has 0 aliphatic carbocycles. The molecule has 0 radical (unpaired) electrons. The molecular formula is C25H20FN7O2S. The van der Waals surface area contributed by atoms with Gasteiger partial charge in [-0.15, -0.1) is 11.8 Å². The van der Waals surface area contributed by atoms with Crippen molar-refractivity contribution in [1.82, 2.24) is 34.3 Å². The first-order chi connectivity index (χ1) is 17.4. The summed E-state index contributed by atoms with van der Waals surface area (Å²) in [4.78, 5) is 31.2. The number of thioether (sulfide) groups is 1. The molecule has 0 aromatic carbocycles. The zero-order valence-electron chi connectivity index (χ0n) is 19.3. The number of aliphatic hydroxyl groups excluding tert-OH is 1. The SMILES string of the molecule is Cn1cc(-c2nc(-c3ccc(-c4ccc(F)nc4)nc3)cc3c(=O)n(C4S[C@@]4(C)CO)cnc23)cn1. The van der Waals surface area contributed by atoms with E-state index in [0.29, 0.717) is 39.1 Å². The molecule has 2 atom stereocenters. The fourth-order valence-corrected chi connectivity index (χ4v) is 5.10. The lowest BCUT2D eigenvalue weighted by Gasteiger charge is -2.11. The lowest BCUT2D eigenvalue weighted by molar-refractivity contribution is 0.260. The number of fused-ring (bicyclic) bond motifs is 1. The molecule has 36 heavy (non-hydrogen) atoms. The number of hydrogen-bond acceptors (Lipinski definition) is 8. The molecule has 0 bridgehead atoms. The molecule has 0 amide bonds. The van der Waals surface area contributed by atoms with E-state index in [-0.39, 0.29) is 17.5 Å². The maximum atomic E-state index is 13.6. The van der Waals surface area contributed by atoms with Crippen molar-refractivity contribution in [1.29, 1.82) is 0 Å². The summed E-state index contributed by atoms with van der Waals surface area (Å²) in [6.45, 7) is 1.89. The van der Waals surface area contributed by atoms with Gasteiger partial charge in [0.1, 0.15) is 16.6 Å². The lowest BCUT2D eigenvalue weighted by Crippen LogP contribution is -2.25. The predicted molar refractivity (Wildman–Crippen MR) is 135 cm³/mol. The van der Waals surface area contributed by atoms with E-state index in [1.165, 1.54) is 30.4 Å². The number of aromatic nitrogens is 7. The zero-order valence-corrected chi connectivity index (χ0v) is 20.1. The molecule has 6 heterocycles. The van der Waals surface area contributed by atoms with Gasteiger partial charge in [0.25, 0.3) is 5.56 Å². The first kappa shape index (κ1) is 22.5. The summed E-state index contributed by atoms with van der Waals surface area (Å²) in [6, 6.07) is 8.27. The van der Waals surface area contributed by atoms with E-state index in [1.54, 1.807) is 39.8 Å². The van der Waals surface area contributed by atoms with E-state index in [1.807, 2.05) is 26.2 Å². The van der Waals surface area contributed by atoms with Gasteiger partial charge >= 0.3 is 0 Å². The number of aliphatic hydroxyl groups is 1. The van der Waals surface area contributed by atoms with Crippen LogP contribution in [-0.4, -0.2) is 50.7 Å². The Morgan fingerprint density at radius 2 is 1.83 bits per heavy atom. The van der Waals surface area contributed by atoms with Gasteiger partial charge in [-0.1, -0.05) is 0 Å². The third kappa shape index (κ3) is 3.76. The van der Waals surface area contributed by atoms with Crippen LogP contribution in [0.5, 0.6) is 0 Å². The van der Waals surface area contributed by atoms with E-state index >= 15 is 0 Å². The second kappa shape index (κ2) is 8.32. The highest BCUT2D eigenvalue weighted by molar-refractivity contribution is 8.07. The van der Waals surface area contributed by atoms with Gasteiger partial charge in [-0.25, -0.2) is 15.0 Å². The Labute approximate surface area is 208 Å². The largest absolute Gasteiger partial charge is 0.395 e. The molecule has 1 aliphatic rings. The van der Waals surface area contributed by atoms with Crippen LogP contribution in [-0.2, 0) is 7.05 Å². The van der Waals surface area contributed by atoms with Gasteiger partial charge in [-0.2, -0.15) is 9.49 Å². The zero-order chi connectivity index (χ0) is 25.0. The van der Waals surface area contributed by atoms with Crippen molar-refractivity contribution in [3.63, 3.8) is 0 Å². The summed E-state index contributed by atoms with van der Waals surface area (Å²) in [6.07, 6.45) is 8.12. The molecule has 1 N–H and O–H groups in total. The molecule has 11 heteroatoms. The Balaban J connectivity index is 1.50. The Morgan fingerprint density at radius 1 is 1.06 bits per heavy atom. The number of hydrogen-bond donors (Lipinski definition) is 1. The van der Waals surface area contributed by atoms with Crippen molar-refractivity contribution in [3.05, 3.63) is 77.7 Å². The minimum Gasteiger partial charge on any atom is -0.395 e. The molecule has 6 rings (SSSR count). The van der Waals surface area contributed by atoms with Gasteiger partial charge in [0.15, 0.2) is 0 Å². The highest BCUT2D eigenvalue weighted by Gasteiger charge is 2.53. The second-order valence-corrected chi connectivity index (χ2v) is 10.5. The number of halogens is 1. The van der Waals surface area contributed by atoms with Gasteiger partial charge in [-0.05, 0) is 37.3 Å². The van der Waals surface area contributed by atoms with E-state index in [0.717, 1.165) is 5.56 Å². The number of aryl methyl sites for hydroxylation is 1. The number of pyridine rings is 3. The Hall–Kier alpha value is -3.96. The molecule has 9 nitrogen and oxygen atoms in total. The van der Waals surface area contributed by atoms with E-state index in [4.69, 9.17) is 4.98 Å². The summed E-state index contributed by atoms with van der Waals surface area (Å²) in [5.74, 6) is -0.554. The maximum absolute atomic E-state index is 13.6. The van der Waals surface area contributed by atoms with Gasteiger partial charge in [0.2, 0.25) is 5.95 Å². The van der Waals surface area contributed by atoms with Gasteiger partial charge in [-0.3, -0.25) is 19.0 Å². The third-order valence-corrected chi connectivity index (χ3v) is 7.85. The summed E-state index contributed by atoms with van der Waals surface area (Å²) in [7, 11) is 1.81. The molecule has 5 aromatic rings. The highest BCUT2D eigenvalue weighted by atomic mass is 32.2. The molecule has 180 valence electrons. The van der Waals surface area contributed by atoms with E-state index < -0.39 is 10.7 Å². The Bertz CT molecular complexity index is 1670. The molecule has 1 unspecified atom stereocenters. The first-order valence-electron chi connectivity index (χ1n) is 11.1. The van der Waals surface area contributed by atoms with Gasteiger partial charge < -0.3 is 5.11 Å². The van der Waals surface area contributed by atoms with E-state index in [9.17, 15) is 14.3 Å². The quantitative estimate of drug-likeness (QED) is 0.288. The summed E-state index contributed by atoms with van der Waals surface area (Å²) in [5.41, 5.74) is 4.14.